The standard InChI is InChI=1S/C19H25FO3/c1-2-3-4-5-6-9-14-23-19(22)15-17(21)13-12-16-10-7-8-11-18(16)20/h7-8,10-13H,2-6,9,14-15H2,1H3. The lowest BCUT2D eigenvalue weighted by Gasteiger charge is -2.03. The fourth-order valence-corrected chi connectivity index (χ4v) is 2.11. The Balaban J connectivity index is 2.19. The Labute approximate surface area is 137 Å². The third-order valence-electron chi connectivity index (χ3n) is 3.43. The normalized spacial score (nSPS) is 10.9. The average molecular weight is 320 g/mol. The lowest BCUT2D eigenvalue weighted by Crippen LogP contribution is -2.10. The molecule has 1 rings (SSSR count). The number of carbonyl (C=O) groups is 2. The number of ketones is 1. The van der Waals surface area contributed by atoms with Crippen molar-refractivity contribution >= 4 is 17.8 Å². The SMILES string of the molecule is CCCCCCCCOC(=O)CC(=O)C=Cc1ccccc1F. The maximum absolute atomic E-state index is 13.4. The molecule has 0 N–H and O–H groups in total. The highest BCUT2D eigenvalue weighted by Gasteiger charge is 2.08. The topological polar surface area (TPSA) is 43.4 Å². The van der Waals surface area contributed by atoms with Gasteiger partial charge in [-0.3, -0.25) is 9.59 Å². The van der Waals surface area contributed by atoms with Gasteiger partial charge in [-0.25, -0.2) is 4.39 Å². The summed E-state index contributed by atoms with van der Waals surface area (Å²) in [5, 5.41) is 0. The number of rotatable bonds is 11. The number of carbonyl (C=O) groups excluding carboxylic acids is 2. The number of benzene rings is 1. The van der Waals surface area contributed by atoms with E-state index < -0.39 is 11.8 Å². The van der Waals surface area contributed by atoms with Crippen LogP contribution in [0.5, 0.6) is 0 Å². The molecular formula is C19H25FO3. The molecule has 0 fully saturated rings. The van der Waals surface area contributed by atoms with Crippen LogP contribution in [0.3, 0.4) is 0 Å². The summed E-state index contributed by atoms with van der Waals surface area (Å²) < 4.78 is 18.4. The molecule has 0 atom stereocenters. The number of esters is 1. The Morgan fingerprint density at radius 2 is 1.78 bits per heavy atom. The highest BCUT2D eigenvalue weighted by molar-refractivity contribution is 6.03. The molecule has 0 aliphatic rings. The summed E-state index contributed by atoms with van der Waals surface area (Å²) in [4.78, 5) is 23.2. The van der Waals surface area contributed by atoms with Gasteiger partial charge in [-0.05, 0) is 24.6 Å². The van der Waals surface area contributed by atoms with Crippen molar-refractivity contribution in [3.05, 3.63) is 41.7 Å². The quantitative estimate of drug-likeness (QED) is 0.257. The zero-order valence-corrected chi connectivity index (χ0v) is 13.7. The largest absolute Gasteiger partial charge is 0.465 e. The van der Waals surface area contributed by atoms with Crippen LogP contribution in [0.1, 0.15) is 57.4 Å². The molecule has 0 spiro atoms. The molecular weight excluding hydrogens is 295 g/mol. The lowest BCUT2D eigenvalue weighted by atomic mass is 10.1. The summed E-state index contributed by atoms with van der Waals surface area (Å²) >= 11 is 0. The van der Waals surface area contributed by atoms with E-state index in [-0.39, 0.29) is 12.2 Å². The van der Waals surface area contributed by atoms with E-state index in [2.05, 4.69) is 6.92 Å². The summed E-state index contributed by atoms with van der Waals surface area (Å²) in [6.45, 7) is 2.52. The highest BCUT2D eigenvalue weighted by atomic mass is 19.1. The van der Waals surface area contributed by atoms with Crippen molar-refractivity contribution in [2.75, 3.05) is 6.61 Å². The van der Waals surface area contributed by atoms with Gasteiger partial charge in [-0.1, -0.05) is 57.2 Å². The summed E-state index contributed by atoms with van der Waals surface area (Å²) in [6, 6.07) is 6.14. The molecule has 0 heterocycles. The fourth-order valence-electron chi connectivity index (χ4n) is 2.11. The molecule has 0 aliphatic carbocycles. The number of hydrogen-bond donors (Lipinski definition) is 0. The van der Waals surface area contributed by atoms with Gasteiger partial charge >= 0.3 is 5.97 Å². The molecule has 1 aromatic carbocycles. The number of unbranched alkanes of at least 4 members (excludes halogenated alkanes) is 5. The van der Waals surface area contributed by atoms with E-state index in [1.807, 2.05) is 0 Å². The lowest BCUT2D eigenvalue weighted by molar-refractivity contribution is -0.145. The Morgan fingerprint density at radius 3 is 2.52 bits per heavy atom. The van der Waals surface area contributed by atoms with Crippen molar-refractivity contribution in [2.45, 2.75) is 51.9 Å². The minimum absolute atomic E-state index is 0.305. The van der Waals surface area contributed by atoms with Crippen molar-refractivity contribution in [2.24, 2.45) is 0 Å². The molecule has 0 aromatic heterocycles. The van der Waals surface area contributed by atoms with Crippen LogP contribution in [0.4, 0.5) is 4.39 Å². The Hall–Kier alpha value is -1.97. The van der Waals surface area contributed by atoms with Crippen LogP contribution in [0.15, 0.2) is 30.3 Å². The van der Waals surface area contributed by atoms with Crippen molar-refractivity contribution < 1.29 is 18.7 Å². The third kappa shape index (κ3) is 8.91. The van der Waals surface area contributed by atoms with E-state index in [0.717, 1.165) is 19.3 Å². The monoisotopic (exact) mass is 320 g/mol. The maximum atomic E-state index is 13.4. The summed E-state index contributed by atoms with van der Waals surface area (Å²) in [5.74, 6) is -1.31. The second-order valence-electron chi connectivity index (χ2n) is 5.49. The van der Waals surface area contributed by atoms with Crippen LogP contribution in [0.25, 0.3) is 6.08 Å². The summed E-state index contributed by atoms with van der Waals surface area (Å²) in [5.41, 5.74) is 0.321. The second kappa shape index (κ2) is 11.6. The number of halogens is 1. The van der Waals surface area contributed by atoms with Crippen LogP contribution in [0.2, 0.25) is 0 Å². The Kier molecular flexibility index (Phi) is 9.60. The minimum Gasteiger partial charge on any atom is -0.465 e. The van der Waals surface area contributed by atoms with Crippen molar-refractivity contribution in [3.63, 3.8) is 0 Å². The minimum atomic E-state index is -0.526. The van der Waals surface area contributed by atoms with E-state index in [1.54, 1.807) is 18.2 Å². The first kappa shape index (κ1) is 19.1. The van der Waals surface area contributed by atoms with Gasteiger partial charge in [-0.2, -0.15) is 0 Å². The number of allylic oxidation sites excluding steroid dienone is 1. The molecule has 0 saturated heterocycles. The zero-order valence-electron chi connectivity index (χ0n) is 13.7. The van der Waals surface area contributed by atoms with E-state index >= 15 is 0 Å². The first-order valence-corrected chi connectivity index (χ1v) is 8.24. The van der Waals surface area contributed by atoms with Crippen molar-refractivity contribution in [3.8, 4) is 0 Å². The molecule has 0 saturated carbocycles. The molecule has 0 aliphatic heterocycles. The van der Waals surface area contributed by atoms with Crippen LogP contribution in [0, 0.1) is 5.82 Å². The second-order valence-corrected chi connectivity index (χ2v) is 5.49. The molecule has 126 valence electrons. The molecule has 0 amide bonds. The van der Waals surface area contributed by atoms with Gasteiger partial charge in [0.1, 0.15) is 12.2 Å². The third-order valence-corrected chi connectivity index (χ3v) is 3.43. The molecule has 0 bridgehead atoms. The van der Waals surface area contributed by atoms with Gasteiger partial charge in [-0.15, -0.1) is 0 Å². The van der Waals surface area contributed by atoms with Crippen LogP contribution < -0.4 is 0 Å². The smallest absolute Gasteiger partial charge is 0.313 e. The number of ether oxygens (including phenoxy) is 1. The first-order chi connectivity index (χ1) is 11.1. The van der Waals surface area contributed by atoms with Gasteiger partial charge in [0, 0.05) is 5.56 Å². The van der Waals surface area contributed by atoms with E-state index in [0.29, 0.717) is 12.2 Å². The molecule has 0 unspecified atom stereocenters. The predicted octanol–water partition coefficient (Wildman–Crippen LogP) is 4.70. The van der Waals surface area contributed by atoms with E-state index in [9.17, 15) is 14.0 Å². The molecule has 23 heavy (non-hydrogen) atoms. The predicted molar refractivity (Wildman–Crippen MR) is 89.4 cm³/mol. The number of hydrogen-bond acceptors (Lipinski definition) is 3. The highest BCUT2D eigenvalue weighted by Crippen LogP contribution is 2.09. The Bertz CT molecular complexity index is 523. The molecule has 4 heteroatoms. The van der Waals surface area contributed by atoms with Gasteiger partial charge in [0.05, 0.1) is 6.61 Å². The molecule has 3 nitrogen and oxygen atoms in total. The van der Waals surface area contributed by atoms with E-state index in [4.69, 9.17) is 4.74 Å². The summed E-state index contributed by atoms with van der Waals surface area (Å²) in [6.07, 6.45) is 8.95. The van der Waals surface area contributed by atoms with Gasteiger partial charge < -0.3 is 4.74 Å². The molecule has 0 radical (unpaired) electrons. The first-order valence-electron chi connectivity index (χ1n) is 8.24. The van der Waals surface area contributed by atoms with Crippen molar-refractivity contribution in [1.29, 1.82) is 0 Å². The fraction of sp³-hybridized carbons (Fsp3) is 0.474. The average Bonchev–Trinajstić information content (AvgIpc) is 2.53. The van der Waals surface area contributed by atoms with Crippen LogP contribution in [-0.2, 0) is 14.3 Å². The summed E-state index contributed by atoms with van der Waals surface area (Å²) in [7, 11) is 0. The maximum Gasteiger partial charge on any atom is 0.313 e. The van der Waals surface area contributed by atoms with Gasteiger partial charge in [0.15, 0.2) is 5.78 Å². The van der Waals surface area contributed by atoms with Crippen LogP contribution >= 0.6 is 0 Å². The van der Waals surface area contributed by atoms with Crippen LogP contribution in [-0.4, -0.2) is 18.4 Å². The van der Waals surface area contributed by atoms with Crippen molar-refractivity contribution in [1.82, 2.24) is 0 Å². The van der Waals surface area contributed by atoms with Gasteiger partial charge in [0.2, 0.25) is 0 Å². The van der Waals surface area contributed by atoms with Gasteiger partial charge in [0.25, 0.3) is 0 Å². The van der Waals surface area contributed by atoms with E-state index in [1.165, 1.54) is 37.5 Å². The zero-order chi connectivity index (χ0) is 16.9. The Morgan fingerprint density at radius 1 is 1.09 bits per heavy atom. The molecule has 1 aromatic rings.